The van der Waals surface area contributed by atoms with Gasteiger partial charge in [0.1, 0.15) is 5.75 Å². The standard InChI is InChI=1S/C16H28OSSi/c1-6-8-13-11-16(18-12-19(3,4)5)14(9-7-2)10-15(13)17/h10-11,17H,6-9,12H2,1-5H3. The topological polar surface area (TPSA) is 20.2 Å². The van der Waals surface area contributed by atoms with Crippen molar-refractivity contribution in [3.05, 3.63) is 23.3 Å². The van der Waals surface area contributed by atoms with Gasteiger partial charge in [0.25, 0.3) is 0 Å². The van der Waals surface area contributed by atoms with Crippen LogP contribution in [0.5, 0.6) is 5.75 Å². The van der Waals surface area contributed by atoms with Gasteiger partial charge in [-0.15, -0.1) is 11.8 Å². The van der Waals surface area contributed by atoms with E-state index >= 15 is 0 Å². The van der Waals surface area contributed by atoms with Crippen LogP contribution >= 0.6 is 11.8 Å². The number of rotatable bonds is 7. The number of hydrogen-bond donors (Lipinski definition) is 1. The Bertz CT molecular complexity index is 410. The molecule has 0 unspecified atom stereocenters. The Hall–Kier alpha value is -0.413. The first-order chi connectivity index (χ1) is 8.87. The molecule has 0 aliphatic heterocycles. The number of thioether (sulfide) groups is 1. The lowest BCUT2D eigenvalue weighted by molar-refractivity contribution is 0.466. The van der Waals surface area contributed by atoms with Gasteiger partial charge in [0.2, 0.25) is 0 Å². The molecule has 1 N–H and O–H groups in total. The minimum absolute atomic E-state index is 0.489. The summed E-state index contributed by atoms with van der Waals surface area (Å²) in [5.41, 5.74) is 2.43. The second-order valence-electron chi connectivity index (χ2n) is 6.44. The monoisotopic (exact) mass is 296 g/mol. The molecule has 3 heteroatoms. The highest BCUT2D eigenvalue weighted by Gasteiger charge is 2.16. The lowest BCUT2D eigenvalue weighted by atomic mass is 10.0. The second kappa shape index (κ2) is 7.39. The van der Waals surface area contributed by atoms with E-state index in [0.29, 0.717) is 5.75 Å². The van der Waals surface area contributed by atoms with Crippen molar-refractivity contribution in [3.8, 4) is 5.75 Å². The predicted molar refractivity (Wildman–Crippen MR) is 90.2 cm³/mol. The van der Waals surface area contributed by atoms with E-state index in [-0.39, 0.29) is 0 Å². The van der Waals surface area contributed by atoms with Crippen molar-refractivity contribution in [1.29, 1.82) is 0 Å². The first kappa shape index (κ1) is 16.6. The van der Waals surface area contributed by atoms with E-state index in [4.69, 9.17) is 0 Å². The molecule has 1 aromatic carbocycles. The summed E-state index contributed by atoms with van der Waals surface area (Å²) < 4.78 is 0. The van der Waals surface area contributed by atoms with E-state index in [2.05, 4.69) is 39.6 Å². The smallest absolute Gasteiger partial charge is 0.119 e. The zero-order valence-electron chi connectivity index (χ0n) is 13.0. The summed E-state index contributed by atoms with van der Waals surface area (Å²) >= 11 is 1.99. The van der Waals surface area contributed by atoms with Gasteiger partial charge in [0.05, 0.1) is 8.07 Å². The highest BCUT2D eigenvalue weighted by Crippen LogP contribution is 2.32. The van der Waals surface area contributed by atoms with E-state index in [1.54, 1.807) is 0 Å². The van der Waals surface area contributed by atoms with Crippen molar-refractivity contribution in [1.82, 2.24) is 0 Å². The van der Waals surface area contributed by atoms with E-state index < -0.39 is 8.07 Å². The summed E-state index contributed by atoms with van der Waals surface area (Å²) in [4.78, 5) is 1.39. The molecule has 0 aromatic heterocycles. The fourth-order valence-corrected chi connectivity index (χ4v) is 4.94. The lowest BCUT2D eigenvalue weighted by Gasteiger charge is -2.18. The van der Waals surface area contributed by atoms with Crippen LogP contribution in [0, 0.1) is 0 Å². The van der Waals surface area contributed by atoms with E-state index in [1.807, 2.05) is 17.8 Å². The molecule has 0 aliphatic rings. The Labute approximate surface area is 123 Å². The van der Waals surface area contributed by atoms with Crippen LogP contribution in [0.4, 0.5) is 0 Å². The average molecular weight is 297 g/mol. The molecule has 1 rings (SSSR count). The van der Waals surface area contributed by atoms with Gasteiger partial charge in [-0.05, 0) is 41.5 Å². The Morgan fingerprint density at radius 3 is 2.11 bits per heavy atom. The van der Waals surface area contributed by atoms with Crippen molar-refractivity contribution in [2.24, 2.45) is 0 Å². The second-order valence-corrected chi connectivity index (χ2v) is 13.4. The fraction of sp³-hybridized carbons (Fsp3) is 0.625. The molecule has 19 heavy (non-hydrogen) atoms. The number of phenolic OH excluding ortho intramolecular Hbond substituents is 1. The van der Waals surface area contributed by atoms with Gasteiger partial charge in [-0.2, -0.15) is 0 Å². The summed E-state index contributed by atoms with van der Waals surface area (Å²) in [6.07, 6.45) is 4.25. The minimum Gasteiger partial charge on any atom is -0.508 e. The molecule has 0 amide bonds. The average Bonchev–Trinajstić information content (AvgIpc) is 2.30. The van der Waals surface area contributed by atoms with Gasteiger partial charge in [0.15, 0.2) is 0 Å². The zero-order valence-corrected chi connectivity index (χ0v) is 14.9. The highest BCUT2D eigenvalue weighted by molar-refractivity contribution is 8.01. The zero-order chi connectivity index (χ0) is 14.5. The largest absolute Gasteiger partial charge is 0.508 e. The van der Waals surface area contributed by atoms with Crippen LogP contribution in [-0.4, -0.2) is 18.6 Å². The van der Waals surface area contributed by atoms with E-state index in [1.165, 1.54) is 15.8 Å². The molecule has 0 radical (unpaired) electrons. The van der Waals surface area contributed by atoms with Gasteiger partial charge in [-0.1, -0.05) is 46.3 Å². The number of aryl methyl sites for hydroxylation is 2. The third-order valence-corrected chi connectivity index (χ3v) is 7.69. The fourth-order valence-electron chi connectivity index (χ4n) is 2.02. The quantitative estimate of drug-likeness (QED) is 0.546. The SMILES string of the molecule is CCCc1cc(SC[Si](C)(C)C)c(CCC)cc1O. The van der Waals surface area contributed by atoms with E-state index in [9.17, 15) is 5.11 Å². The van der Waals surface area contributed by atoms with E-state index in [0.717, 1.165) is 31.2 Å². The highest BCUT2D eigenvalue weighted by atomic mass is 32.2. The Morgan fingerprint density at radius 2 is 1.58 bits per heavy atom. The molecule has 0 bridgehead atoms. The maximum Gasteiger partial charge on any atom is 0.119 e. The molecular weight excluding hydrogens is 268 g/mol. The third kappa shape index (κ3) is 5.61. The van der Waals surface area contributed by atoms with Crippen LogP contribution < -0.4 is 0 Å². The number of benzene rings is 1. The van der Waals surface area contributed by atoms with Crippen LogP contribution in [-0.2, 0) is 12.8 Å². The maximum absolute atomic E-state index is 10.1. The van der Waals surface area contributed by atoms with Gasteiger partial charge < -0.3 is 5.11 Å². The number of hydrogen-bond acceptors (Lipinski definition) is 2. The molecule has 1 nitrogen and oxygen atoms in total. The molecular formula is C16H28OSSi. The van der Waals surface area contributed by atoms with Crippen molar-refractivity contribution in [3.63, 3.8) is 0 Å². The summed E-state index contributed by atoms with van der Waals surface area (Å²) in [6, 6.07) is 4.23. The Balaban J connectivity index is 2.99. The molecule has 1 aromatic rings. The molecule has 0 heterocycles. The third-order valence-electron chi connectivity index (χ3n) is 2.96. The van der Waals surface area contributed by atoms with Crippen molar-refractivity contribution >= 4 is 19.8 Å². The van der Waals surface area contributed by atoms with Crippen molar-refractivity contribution in [2.75, 3.05) is 5.38 Å². The van der Waals surface area contributed by atoms with Crippen molar-refractivity contribution in [2.45, 2.75) is 64.1 Å². The molecule has 0 fully saturated rings. The molecule has 0 atom stereocenters. The number of phenols is 1. The molecule has 0 spiro atoms. The summed E-state index contributed by atoms with van der Waals surface area (Å²) in [5, 5.41) is 11.4. The van der Waals surface area contributed by atoms with Crippen LogP contribution in [0.15, 0.2) is 17.0 Å². The van der Waals surface area contributed by atoms with Gasteiger partial charge in [0, 0.05) is 4.90 Å². The molecule has 0 saturated heterocycles. The van der Waals surface area contributed by atoms with Crippen molar-refractivity contribution < 1.29 is 5.11 Å². The van der Waals surface area contributed by atoms with Crippen LogP contribution in [0.2, 0.25) is 19.6 Å². The lowest BCUT2D eigenvalue weighted by Crippen LogP contribution is -2.23. The van der Waals surface area contributed by atoms with Gasteiger partial charge in [-0.3, -0.25) is 0 Å². The summed E-state index contributed by atoms with van der Waals surface area (Å²) in [5.74, 6) is 0.489. The molecule has 108 valence electrons. The minimum atomic E-state index is -1.03. The predicted octanol–water partition coefficient (Wildman–Crippen LogP) is 5.27. The normalized spacial score (nSPS) is 11.8. The van der Waals surface area contributed by atoms with Crippen LogP contribution in [0.25, 0.3) is 0 Å². The van der Waals surface area contributed by atoms with Crippen LogP contribution in [0.1, 0.15) is 37.8 Å². The maximum atomic E-state index is 10.1. The summed E-state index contributed by atoms with van der Waals surface area (Å²) in [7, 11) is -1.03. The summed E-state index contributed by atoms with van der Waals surface area (Å²) in [6.45, 7) is 11.6. The molecule has 0 saturated carbocycles. The Kier molecular flexibility index (Phi) is 6.47. The van der Waals surface area contributed by atoms with Gasteiger partial charge >= 0.3 is 0 Å². The first-order valence-corrected chi connectivity index (χ1v) is 12.0. The van der Waals surface area contributed by atoms with Gasteiger partial charge in [-0.25, -0.2) is 0 Å². The Morgan fingerprint density at radius 1 is 1.00 bits per heavy atom. The van der Waals surface area contributed by atoms with Crippen LogP contribution in [0.3, 0.4) is 0 Å². The first-order valence-electron chi connectivity index (χ1n) is 7.35. The number of aromatic hydroxyl groups is 1. The molecule has 0 aliphatic carbocycles.